The number of aromatic nitrogens is 2. The minimum Gasteiger partial charge on any atom is -0.379 e. The van der Waals surface area contributed by atoms with Crippen LogP contribution in [-0.2, 0) is 29.9 Å². The molecule has 2 aromatic heterocycles. The summed E-state index contributed by atoms with van der Waals surface area (Å²) < 4.78 is 5.48. The summed E-state index contributed by atoms with van der Waals surface area (Å²) in [5.41, 5.74) is 2.86. The molecule has 0 unspecified atom stereocenters. The van der Waals surface area contributed by atoms with Crippen LogP contribution in [0.2, 0.25) is 0 Å². The Morgan fingerprint density at radius 3 is 2.78 bits per heavy atom. The lowest BCUT2D eigenvalue weighted by Crippen LogP contribution is -2.36. The van der Waals surface area contributed by atoms with Gasteiger partial charge in [-0.1, -0.05) is 30.3 Å². The highest BCUT2D eigenvalue weighted by molar-refractivity contribution is 7.98. The molecule has 6 heteroatoms. The van der Waals surface area contributed by atoms with E-state index < -0.39 is 0 Å². The normalized spacial score (nSPS) is 17.5. The van der Waals surface area contributed by atoms with Gasteiger partial charge < -0.3 is 4.74 Å². The molecule has 1 aromatic carbocycles. The molecule has 27 heavy (non-hydrogen) atoms. The number of aryl methyl sites for hydroxylation is 2. The van der Waals surface area contributed by atoms with E-state index in [1.165, 1.54) is 50.5 Å². The van der Waals surface area contributed by atoms with Gasteiger partial charge in [0.25, 0.3) is 0 Å². The Bertz CT molecular complexity index is 935. The van der Waals surface area contributed by atoms with Crippen molar-refractivity contribution in [3.05, 3.63) is 52.2 Å². The zero-order chi connectivity index (χ0) is 18.1. The molecule has 0 atom stereocenters. The van der Waals surface area contributed by atoms with Crippen molar-refractivity contribution in [2.75, 3.05) is 26.3 Å². The highest BCUT2D eigenvalue weighted by Crippen LogP contribution is 2.41. The fourth-order valence-corrected chi connectivity index (χ4v) is 6.24. The van der Waals surface area contributed by atoms with Crippen molar-refractivity contribution < 1.29 is 4.74 Å². The maximum Gasteiger partial charge on any atom is 0.145 e. The Morgan fingerprint density at radius 2 is 1.93 bits per heavy atom. The zero-order valence-electron chi connectivity index (χ0n) is 15.3. The molecule has 1 saturated heterocycles. The van der Waals surface area contributed by atoms with Crippen LogP contribution in [0.3, 0.4) is 0 Å². The average molecular weight is 398 g/mol. The van der Waals surface area contributed by atoms with Crippen molar-refractivity contribution >= 4 is 33.3 Å². The number of thioether (sulfide) groups is 1. The van der Waals surface area contributed by atoms with E-state index in [2.05, 4.69) is 35.2 Å². The number of hydrogen-bond donors (Lipinski definition) is 0. The van der Waals surface area contributed by atoms with Gasteiger partial charge in [-0.25, -0.2) is 9.97 Å². The van der Waals surface area contributed by atoms with Crippen LogP contribution in [0.15, 0.2) is 35.4 Å². The van der Waals surface area contributed by atoms with Gasteiger partial charge in [0, 0.05) is 29.1 Å². The van der Waals surface area contributed by atoms with E-state index in [0.717, 1.165) is 44.4 Å². The van der Waals surface area contributed by atoms with Gasteiger partial charge in [-0.2, -0.15) is 0 Å². The van der Waals surface area contributed by atoms with Gasteiger partial charge in [0.1, 0.15) is 15.7 Å². The van der Waals surface area contributed by atoms with E-state index in [4.69, 9.17) is 14.7 Å². The monoisotopic (exact) mass is 397 g/mol. The number of thiophene rings is 1. The van der Waals surface area contributed by atoms with Crippen molar-refractivity contribution in [1.82, 2.24) is 14.9 Å². The Labute approximate surface area is 168 Å². The summed E-state index contributed by atoms with van der Waals surface area (Å²) in [6, 6.07) is 10.7. The summed E-state index contributed by atoms with van der Waals surface area (Å²) in [5.74, 6) is 1.91. The second-order valence-corrected chi connectivity index (χ2v) is 9.19. The third kappa shape index (κ3) is 3.76. The number of nitrogens with zero attached hydrogens (tertiary/aromatic N) is 3. The summed E-state index contributed by atoms with van der Waals surface area (Å²) in [7, 11) is 0. The largest absolute Gasteiger partial charge is 0.379 e. The van der Waals surface area contributed by atoms with Gasteiger partial charge in [-0.05, 0) is 30.4 Å². The molecule has 1 aliphatic heterocycles. The molecule has 3 aromatic rings. The van der Waals surface area contributed by atoms with Gasteiger partial charge in [0.15, 0.2) is 0 Å². The quantitative estimate of drug-likeness (QED) is 0.474. The molecule has 1 aliphatic carbocycles. The second-order valence-electron chi connectivity index (χ2n) is 7.15. The predicted molar refractivity (Wildman–Crippen MR) is 112 cm³/mol. The molecule has 140 valence electrons. The minimum absolute atomic E-state index is 0.811. The Hall–Kier alpha value is -1.47. The van der Waals surface area contributed by atoms with Crippen LogP contribution in [0.4, 0.5) is 0 Å². The summed E-state index contributed by atoms with van der Waals surface area (Å²) >= 11 is 3.75. The molecule has 0 spiro atoms. The molecule has 4 nitrogen and oxygen atoms in total. The first-order chi connectivity index (χ1) is 13.4. The number of ether oxygens (including phenoxy) is 1. The molecule has 2 aliphatic rings. The van der Waals surface area contributed by atoms with Crippen LogP contribution in [0.5, 0.6) is 0 Å². The highest BCUT2D eigenvalue weighted by atomic mass is 32.2. The second kappa shape index (κ2) is 7.87. The van der Waals surface area contributed by atoms with Crippen molar-refractivity contribution in [3.8, 4) is 0 Å². The number of fused-ring (bicyclic) bond motifs is 3. The van der Waals surface area contributed by atoms with E-state index >= 15 is 0 Å². The van der Waals surface area contributed by atoms with E-state index in [-0.39, 0.29) is 0 Å². The van der Waals surface area contributed by atoms with E-state index in [1.807, 2.05) is 23.1 Å². The molecule has 3 heterocycles. The number of morpholine rings is 1. The van der Waals surface area contributed by atoms with Crippen molar-refractivity contribution in [2.45, 2.75) is 36.6 Å². The van der Waals surface area contributed by atoms with E-state index in [9.17, 15) is 0 Å². The topological polar surface area (TPSA) is 38.2 Å². The van der Waals surface area contributed by atoms with Crippen LogP contribution in [0.25, 0.3) is 10.2 Å². The first-order valence-corrected chi connectivity index (χ1v) is 11.4. The molecule has 5 rings (SSSR count). The number of benzene rings is 1. The first-order valence-electron chi connectivity index (χ1n) is 9.65. The molecule has 1 fully saturated rings. The average Bonchev–Trinajstić information content (AvgIpc) is 3.28. The minimum atomic E-state index is 0.811. The summed E-state index contributed by atoms with van der Waals surface area (Å²) in [5, 5.41) is 2.51. The van der Waals surface area contributed by atoms with Gasteiger partial charge in [-0.15, -0.1) is 23.1 Å². The van der Waals surface area contributed by atoms with E-state index in [0.29, 0.717) is 0 Å². The summed E-state index contributed by atoms with van der Waals surface area (Å²) in [6.45, 7) is 4.38. The molecule has 0 radical (unpaired) electrons. The third-order valence-corrected chi connectivity index (χ3v) is 7.50. The standard InChI is InChI=1S/C21H23N3OS2/c1-2-5-15(6-3-1)14-26-20-19-16-7-4-8-17(16)27-21(19)23-18(22-20)13-24-9-11-25-12-10-24/h1-3,5-6H,4,7-14H2. The van der Waals surface area contributed by atoms with Gasteiger partial charge in [0.2, 0.25) is 0 Å². The fraction of sp³-hybridized carbons (Fsp3) is 0.429. The highest BCUT2D eigenvalue weighted by Gasteiger charge is 2.23. The SMILES string of the molecule is c1ccc(CSc2nc(CN3CCOCC3)nc3sc4c(c23)CCC4)cc1. The summed E-state index contributed by atoms with van der Waals surface area (Å²) in [4.78, 5) is 15.1. The molecule has 0 N–H and O–H groups in total. The molecule has 0 bridgehead atoms. The Morgan fingerprint density at radius 1 is 1.07 bits per heavy atom. The Kier molecular flexibility index (Phi) is 5.14. The van der Waals surface area contributed by atoms with Gasteiger partial charge in [-0.3, -0.25) is 4.90 Å². The lowest BCUT2D eigenvalue weighted by molar-refractivity contribution is 0.0330. The van der Waals surface area contributed by atoms with Crippen LogP contribution >= 0.6 is 23.1 Å². The zero-order valence-corrected chi connectivity index (χ0v) is 17.0. The predicted octanol–water partition coefficient (Wildman–Crippen LogP) is 4.30. The fourth-order valence-electron chi connectivity index (χ4n) is 3.86. The van der Waals surface area contributed by atoms with E-state index in [1.54, 1.807) is 0 Å². The number of hydrogen-bond acceptors (Lipinski definition) is 6. The van der Waals surface area contributed by atoms with Crippen molar-refractivity contribution in [1.29, 1.82) is 0 Å². The van der Waals surface area contributed by atoms with Gasteiger partial charge >= 0.3 is 0 Å². The Balaban J connectivity index is 1.47. The van der Waals surface area contributed by atoms with Crippen LogP contribution in [0, 0.1) is 0 Å². The maximum atomic E-state index is 5.48. The lowest BCUT2D eigenvalue weighted by Gasteiger charge is -2.25. The van der Waals surface area contributed by atoms with Crippen LogP contribution in [-0.4, -0.2) is 41.2 Å². The third-order valence-electron chi connectivity index (χ3n) is 5.26. The molecular formula is C21H23N3OS2. The molecular weight excluding hydrogens is 374 g/mol. The van der Waals surface area contributed by atoms with Crippen molar-refractivity contribution in [2.24, 2.45) is 0 Å². The lowest BCUT2D eigenvalue weighted by atomic mass is 10.2. The smallest absolute Gasteiger partial charge is 0.145 e. The van der Waals surface area contributed by atoms with Gasteiger partial charge in [0.05, 0.1) is 19.8 Å². The first kappa shape index (κ1) is 17.6. The molecule has 0 saturated carbocycles. The van der Waals surface area contributed by atoms with Crippen LogP contribution in [0.1, 0.15) is 28.2 Å². The maximum absolute atomic E-state index is 5.48. The number of rotatable bonds is 5. The molecule has 0 amide bonds. The van der Waals surface area contributed by atoms with Crippen molar-refractivity contribution in [3.63, 3.8) is 0 Å². The van der Waals surface area contributed by atoms with Crippen LogP contribution < -0.4 is 0 Å². The summed E-state index contributed by atoms with van der Waals surface area (Å²) in [6.07, 6.45) is 3.66.